The number of hydrogen-bond acceptors (Lipinski definition) is 4. The van der Waals surface area contributed by atoms with Crippen LogP contribution >= 0.6 is 11.6 Å². The van der Waals surface area contributed by atoms with Gasteiger partial charge in [0.2, 0.25) is 0 Å². The predicted octanol–water partition coefficient (Wildman–Crippen LogP) is 3.33. The highest BCUT2D eigenvalue weighted by molar-refractivity contribution is 6.30. The highest BCUT2D eigenvalue weighted by Gasteiger charge is 2.56. The summed E-state index contributed by atoms with van der Waals surface area (Å²) in [5, 5.41) is 0.729. The molecule has 5 heteroatoms. The highest BCUT2D eigenvalue weighted by Crippen LogP contribution is 2.43. The van der Waals surface area contributed by atoms with E-state index in [1.807, 2.05) is 38.1 Å². The summed E-state index contributed by atoms with van der Waals surface area (Å²) in [5.74, 6) is -0.444. The van der Waals surface area contributed by atoms with Crippen molar-refractivity contribution in [1.29, 1.82) is 0 Å². The van der Waals surface area contributed by atoms with E-state index in [9.17, 15) is 0 Å². The lowest BCUT2D eigenvalue weighted by molar-refractivity contribution is -0.229. The van der Waals surface area contributed by atoms with Gasteiger partial charge in [-0.05, 0) is 31.5 Å². The Morgan fingerprint density at radius 1 is 1.14 bits per heavy atom. The monoisotopic (exact) mass is 312 g/mol. The molecule has 21 heavy (non-hydrogen) atoms. The average Bonchev–Trinajstić information content (AvgIpc) is 2.91. The molecule has 1 aromatic carbocycles. The molecule has 1 aromatic rings. The molecule has 0 saturated carbocycles. The summed E-state index contributed by atoms with van der Waals surface area (Å²) < 4.78 is 23.4. The molecular weight excluding hydrogens is 292 g/mol. The van der Waals surface area contributed by atoms with Crippen LogP contribution in [0.15, 0.2) is 24.3 Å². The summed E-state index contributed by atoms with van der Waals surface area (Å²) in [5.41, 5.74) is 1.16. The molecule has 0 aliphatic carbocycles. The number of ether oxygens (including phenoxy) is 4. The van der Waals surface area contributed by atoms with Crippen LogP contribution < -0.4 is 0 Å². The lowest BCUT2D eigenvalue weighted by atomic mass is 9.91. The van der Waals surface area contributed by atoms with Crippen molar-refractivity contribution in [2.75, 3.05) is 7.11 Å². The molecule has 0 amide bonds. The number of hydrogen-bond donors (Lipinski definition) is 0. The minimum atomic E-state index is -0.603. The number of halogens is 1. The van der Waals surface area contributed by atoms with Gasteiger partial charge < -0.3 is 18.9 Å². The van der Waals surface area contributed by atoms with Gasteiger partial charge in [0, 0.05) is 18.1 Å². The minimum Gasteiger partial charge on any atom is -0.353 e. The normalized spacial score (nSPS) is 35.7. The molecule has 2 aliphatic rings. The first-order valence-corrected chi connectivity index (χ1v) is 7.58. The molecule has 5 atom stereocenters. The fourth-order valence-corrected chi connectivity index (χ4v) is 3.27. The van der Waals surface area contributed by atoms with Crippen molar-refractivity contribution in [3.8, 4) is 0 Å². The molecule has 4 nitrogen and oxygen atoms in total. The highest BCUT2D eigenvalue weighted by atomic mass is 35.5. The zero-order valence-corrected chi connectivity index (χ0v) is 13.5. The topological polar surface area (TPSA) is 36.9 Å². The van der Waals surface area contributed by atoms with Crippen LogP contribution in [-0.4, -0.2) is 37.5 Å². The fraction of sp³-hybridized carbons (Fsp3) is 0.625. The molecule has 0 N–H and O–H groups in total. The Kier molecular flexibility index (Phi) is 4.01. The van der Waals surface area contributed by atoms with E-state index in [0.29, 0.717) is 0 Å². The van der Waals surface area contributed by atoms with Gasteiger partial charge >= 0.3 is 0 Å². The van der Waals surface area contributed by atoms with Crippen molar-refractivity contribution in [3.05, 3.63) is 34.9 Å². The average molecular weight is 313 g/mol. The van der Waals surface area contributed by atoms with Crippen molar-refractivity contribution in [2.45, 2.75) is 57.1 Å². The molecule has 2 heterocycles. The Morgan fingerprint density at radius 2 is 1.76 bits per heavy atom. The van der Waals surface area contributed by atoms with E-state index in [1.165, 1.54) is 0 Å². The minimum absolute atomic E-state index is 0.108. The molecule has 0 radical (unpaired) electrons. The lowest BCUT2D eigenvalue weighted by Crippen LogP contribution is -2.33. The summed E-state index contributed by atoms with van der Waals surface area (Å²) in [4.78, 5) is 0. The van der Waals surface area contributed by atoms with Gasteiger partial charge in [0.05, 0.1) is 6.10 Å². The maximum Gasteiger partial charge on any atom is 0.186 e. The third-order valence-electron chi connectivity index (χ3n) is 4.17. The molecule has 0 aromatic heterocycles. The third kappa shape index (κ3) is 2.83. The summed E-state index contributed by atoms with van der Waals surface area (Å²) in [7, 11) is 1.63. The lowest BCUT2D eigenvalue weighted by Gasteiger charge is -2.27. The van der Waals surface area contributed by atoms with Crippen LogP contribution in [0.2, 0.25) is 5.02 Å². The van der Waals surface area contributed by atoms with Crippen molar-refractivity contribution < 1.29 is 18.9 Å². The van der Waals surface area contributed by atoms with Gasteiger partial charge in [-0.25, -0.2) is 0 Å². The van der Waals surface area contributed by atoms with Crippen LogP contribution in [0.4, 0.5) is 0 Å². The standard InChI is InChI=1S/C16H21ClO4/c1-9(10-5-7-11(17)8-6-10)12-13-14(15(18-4)19-12)21-16(2,3)20-13/h5-9,12-15H,1-4H3/t9?,12-,13?,14-,15?/m1/s1. The number of rotatable bonds is 3. The summed E-state index contributed by atoms with van der Waals surface area (Å²) in [6, 6.07) is 7.83. The van der Waals surface area contributed by atoms with Crippen LogP contribution in [0, 0.1) is 0 Å². The molecule has 2 aliphatic heterocycles. The van der Waals surface area contributed by atoms with E-state index in [0.717, 1.165) is 10.6 Å². The van der Waals surface area contributed by atoms with E-state index in [-0.39, 0.29) is 24.2 Å². The first kappa shape index (κ1) is 15.3. The molecular formula is C16H21ClO4. The fourth-order valence-electron chi connectivity index (χ4n) is 3.14. The van der Waals surface area contributed by atoms with Gasteiger partial charge in [0.15, 0.2) is 12.1 Å². The molecule has 0 spiro atoms. The number of fused-ring (bicyclic) bond motifs is 1. The van der Waals surface area contributed by atoms with Crippen molar-refractivity contribution in [1.82, 2.24) is 0 Å². The second-order valence-corrected chi connectivity index (χ2v) is 6.55. The van der Waals surface area contributed by atoms with Crippen LogP contribution in [0.3, 0.4) is 0 Å². The van der Waals surface area contributed by atoms with E-state index < -0.39 is 12.1 Å². The zero-order chi connectivity index (χ0) is 15.2. The van der Waals surface area contributed by atoms with Crippen LogP contribution in [0.5, 0.6) is 0 Å². The largest absolute Gasteiger partial charge is 0.353 e. The van der Waals surface area contributed by atoms with Crippen molar-refractivity contribution in [3.63, 3.8) is 0 Å². The molecule has 0 bridgehead atoms. The van der Waals surface area contributed by atoms with Gasteiger partial charge in [0.25, 0.3) is 0 Å². The quantitative estimate of drug-likeness (QED) is 0.858. The van der Waals surface area contributed by atoms with E-state index in [1.54, 1.807) is 7.11 Å². The van der Waals surface area contributed by atoms with E-state index in [4.69, 9.17) is 30.5 Å². The van der Waals surface area contributed by atoms with Gasteiger partial charge in [-0.2, -0.15) is 0 Å². The van der Waals surface area contributed by atoms with Gasteiger partial charge in [-0.3, -0.25) is 0 Å². The molecule has 2 fully saturated rings. The first-order valence-electron chi connectivity index (χ1n) is 7.20. The van der Waals surface area contributed by atoms with Crippen LogP contribution in [-0.2, 0) is 18.9 Å². The van der Waals surface area contributed by atoms with Crippen molar-refractivity contribution in [2.24, 2.45) is 0 Å². The smallest absolute Gasteiger partial charge is 0.186 e. The third-order valence-corrected chi connectivity index (χ3v) is 4.42. The van der Waals surface area contributed by atoms with E-state index in [2.05, 4.69) is 6.92 Å². The summed E-state index contributed by atoms with van der Waals surface area (Å²) in [6.45, 7) is 5.96. The Hall–Kier alpha value is -0.650. The summed E-state index contributed by atoms with van der Waals surface area (Å²) in [6.07, 6.45) is -0.820. The Morgan fingerprint density at radius 3 is 2.38 bits per heavy atom. The van der Waals surface area contributed by atoms with Gasteiger partial charge in [0.1, 0.15) is 12.2 Å². The molecule has 3 unspecified atom stereocenters. The second-order valence-electron chi connectivity index (χ2n) is 6.11. The van der Waals surface area contributed by atoms with Crippen LogP contribution in [0.1, 0.15) is 32.3 Å². The zero-order valence-electron chi connectivity index (χ0n) is 12.7. The van der Waals surface area contributed by atoms with Crippen LogP contribution in [0.25, 0.3) is 0 Å². The van der Waals surface area contributed by atoms with E-state index >= 15 is 0 Å². The first-order chi connectivity index (χ1) is 9.91. The van der Waals surface area contributed by atoms with Gasteiger partial charge in [-0.1, -0.05) is 30.7 Å². The molecule has 2 saturated heterocycles. The maximum absolute atomic E-state index is 6.03. The Labute approximate surface area is 130 Å². The molecule has 3 rings (SSSR count). The number of methoxy groups -OCH3 is 1. The predicted molar refractivity (Wildman–Crippen MR) is 79.4 cm³/mol. The maximum atomic E-state index is 6.03. The second kappa shape index (κ2) is 5.52. The number of benzene rings is 1. The van der Waals surface area contributed by atoms with Gasteiger partial charge in [-0.15, -0.1) is 0 Å². The molecule has 116 valence electrons. The Bertz CT molecular complexity index is 502. The SMILES string of the molecule is COC1O[C@H](C(C)c2ccc(Cl)cc2)C2OC(C)(C)O[C@@H]12. The Balaban J connectivity index is 1.83. The van der Waals surface area contributed by atoms with Crippen molar-refractivity contribution >= 4 is 11.6 Å². The summed E-state index contributed by atoms with van der Waals surface area (Å²) >= 11 is 5.95.